The van der Waals surface area contributed by atoms with E-state index in [0.29, 0.717) is 36.6 Å². The summed E-state index contributed by atoms with van der Waals surface area (Å²) >= 11 is 0. The third-order valence-electron chi connectivity index (χ3n) is 5.00. The predicted octanol–water partition coefficient (Wildman–Crippen LogP) is 2.18. The number of oxazole rings is 1. The van der Waals surface area contributed by atoms with Crippen molar-refractivity contribution in [3.63, 3.8) is 0 Å². The molecule has 24 heavy (non-hydrogen) atoms. The summed E-state index contributed by atoms with van der Waals surface area (Å²) in [5, 5.41) is 4.20. The van der Waals surface area contributed by atoms with E-state index in [1.54, 1.807) is 34.1 Å². The first-order valence-corrected chi connectivity index (χ1v) is 8.36. The summed E-state index contributed by atoms with van der Waals surface area (Å²) in [6.07, 6.45) is 9.34. The van der Waals surface area contributed by atoms with Gasteiger partial charge in [-0.25, -0.2) is 14.5 Å². The maximum atomic E-state index is 12.9. The number of aromatic nitrogens is 4. The van der Waals surface area contributed by atoms with Crippen LogP contribution in [-0.2, 0) is 13.0 Å². The van der Waals surface area contributed by atoms with Gasteiger partial charge in [0.1, 0.15) is 17.0 Å². The van der Waals surface area contributed by atoms with Crippen LogP contribution < -0.4 is 0 Å². The number of hydrogen-bond acceptors (Lipinski definition) is 5. The average Bonchev–Trinajstić information content (AvgIpc) is 3.15. The molecule has 0 spiro atoms. The van der Waals surface area contributed by atoms with E-state index in [2.05, 4.69) is 15.1 Å². The molecule has 1 amide bonds. The lowest BCUT2D eigenvalue weighted by Gasteiger charge is -2.24. The Morgan fingerprint density at radius 3 is 3.08 bits per heavy atom. The van der Waals surface area contributed by atoms with Crippen molar-refractivity contribution < 1.29 is 9.21 Å². The van der Waals surface area contributed by atoms with E-state index in [-0.39, 0.29) is 5.91 Å². The molecule has 4 heterocycles. The maximum absolute atomic E-state index is 12.9. The fourth-order valence-electron chi connectivity index (χ4n) is 3.37. The summed E-state index contributed by atoms with van der Waals surface area (Å²) < 4.78 is 7.54. The number of rotatable bonds is 2. The van der Waals surface area contributed by atoms with Gasteiger partial charge in [0, 0.05) is 31.3 Å². The van der Waals surface area contributed by atoms with E-state index in [0.717, 1.165) is 30.2 Å². The van der Waals surface area contributed by atoms with Crippen molar-refractivity contribution in [1.82, 2.24) is 24.5 Å². The van der Waals surface area contributed by atoms with Crippen molar-refractivity contribution >= 4 is 11.6 Å². The summed E-state index contributed by atoms with van der Waals surface area (Å²) in [5.41, 5.74) is 2.02. The second-order valence-corrected chi connectivity index (χ2v) is 6.47. The summed E-state index contributed by atoms with van der Waals surface area (Å²) in [6.45, 7) is 1.13. The van der Waals surface area contributed by atoms with E-state index >= 15 is 0 Å². The molecule has 3 aromatic heterocycles. The van der Waals surface area contributed by atoms with E-state index in [4.69, 9.17) is 4.42 Å². The van der Waals surface area contributed by atoms with E-state index < -0.39 is 0 Å². The van der Waals surface area contributed by atoms with Crippen LogP contribution in [0.1, 0.15) is 52.9 Å². The highest BCUT2D eigenvalue weighted by atomic mass is 16.4. The molecule has 0 unspecified atom stereocenters. The highest BCUT2D eigenvalue weighted by Gasteiger charge is 2.31. The van der Waals surface area contributed by atoms with Crippen molar-refractivity contribution in [2.45, 2.75) is 38.1 Å². The van der Waals surface area contributed by atoms with E-state index in [9.17, 15) is 4.79 Å². The lowest BCUT2D eigenvalue weighted by molar-refractivity contribution is 0.0729. The van der Waals surface area contributed by atoms with Crippen LogP contribution in [0.4, 0.5) is 0 Å². The third-order valence-corrected chi connectivity index (χ3v) is 5.00. The van der Waals surface area contributed by atoms with Crippen molar-refractivity contribution in [3.05, 3.63) is 47.6 Å². The lowest BCUT2D eigenvalue weighted by Crippen LogP contribution is -2.35. The predicted molar refractivity (Wildman–Crippen MR) is 84.5 cm³/mol. The monoisotopic (exact) mass is 323 g/mol. The zero-order valence-electron chi connectivity index (χ0n) is 13.2. The van der Waals surface area contributed by atoms with Gasteiger partial charge in [0.05, 0.1) is 12.7 Å². The van der Waals surface area contributed by atoms with Crippen LogP contribution >= 0.6 is 0 Å². The smallest absolute Gasteiger partial charge is 0.259 e. The Balaban J connectivity index is 1.42. The Kier molecular flexibility index (Phi) is 2.95. The summed E-state index contributed by atoms with van der Waals surface area (Å²) in [7, 11) is 0. The molecular formula is C17H17N5O2. The number of nitrogens with zero attached hydrogens (tertiary/aromatic N) is 5. The fourth-order valence-corrected chi connectivity index (χ4v) is 3.37. The molecule has 3 aromatic rings. The number of fused-ring (bicyclic) bond motifs is 2. The summed E-state index contributed by atoms with van der Waals surface area (Å²) in [5.74, 6) is 2.23. The minimum Gasteiger partial charge on any atom is -0.445 e. The zero-order valence-corrected chi connectivity index (χ0v) is 13.2. The van der Waals surface area contributed by atoms with Crippen LogP contribution in [0.3, 0.4) is 0 Å². The molecule has 0 radical (unpaired) electrons. The first-order valence-electron chi connectivity index (χ1n) is 8.36. The molecule has 0 N–H and O–H groups in total. The molecule has 1 aliphatic heterocycles. The van der Waals surface area contributed by atoms with Gasteiger partial charge in [-0.3, -0.25) is 4.79 Å². The van der Waals surface area contributed by atoms with Gasteiger partial charge in [-0.15, -0.1) is 0 Å². The van der Waals surface area contributed by atoms with Crippen molar-refractivity contribution in [2.75, 3.05) is 6.54 Å². The maximum Gasteiger partial charge on any atom is 0.259 e. The Bertz CT molecular complexity index is 924. The molecule has 5 rings (SSSR count). The quantitative estimate of drug-likeness (QED) is 0.722. The lowest BCUT2D eigenvalue weighted by atomic mass is 9.85. The number of carbonyl (C=O) groups excluding carboxylic acids is 1. The highest BCUT2D eigenvalue weighted by molar-refractivity contribution is 5.99. The van der Waals surface area contributed by atoms with Gasteiger partial charge in [-0.1, -0.05) is 6.42 Å². The molecule has 7 nitrogen and oxygen atoms in total. The third kappa shape index (κ3) is 2.04. The molecule has 0 aromatic carbocycles. The van der Waals surface area contributed by atoms with Crippen LogP contribution in [0.25, 0.3) is 5.65 Å². The Morgan fingerprint density at radius 1 is 1.33 bits per heavy atom. The molecule has 7 heteroatoms. The summed E-state index contributed by atoms with van der Waals surface area (Å²) in [4.78, 5) is 23.6. The van der Waals surface area contributed by atoms with Gasteiger partial charge in [0.25, 0.3) is 5.91 Å². The van der Waals surface area contributed by atoms with Crippen LogP contribution in [0.5, 0.6) is 0 Å². The van der Waals surface area contributed by atoms with Crippen molar-refractivity contribution in [1.29, 1.82) is 0 Å². The van der Waals surface area contributed by atoms with Gasteiger partial charge in [-0.2, -0.15) is 5.10 Å². The normalized spacial score (nSPS) is 17.8. The van der Waals surface area contributed by atoms with Crippen LogP contribution in [0, 0.1) is 0 Å². The largest absolute Gasteiger partial charge is 0.445 e. The molecule has 0 bridgehead atoms. The molecule has 2 aliphatic rings. The van der Waals surface area contributed by atoms with Crippen molar-refractivity contribution in [2.24, 2.45) is 0 Å². The zero-order chi connectivity index (χ0) is 16.1. The Hall–Kier alpha value is -2.70. The number of hydrogen-bond donors (Lipinski definition) is 0. The standard InChI is InChI=1S/C17H17N5O2/c23-17(12-9-19-22-7-2-6-18-15(12)22)21-8-5-14-13(10-21)20-16(24-14)11-3-1-4-11/h2,6-7,9,11H,1,3-5,8,10H2. The number of amides is 1. The number of carbonyl (C=O) groups is 1. The molecule has 0 atom stereocenters. The first-order chi connectivity index (χ1) is 11.8. The fraction of sp³-hybridized carbons (Fsp3) is 0.412. The van der Waals surface area contributed by atoms with E-state index in [1.165, 1.54) is 6.42 Å². The topological polar surface area (TPSA) is 76.5 Å². The van der Waals surface area contributed by atoms with Gasteiger partial charge in [0.2, 0.25) is 0 Å². The molecule has 1 saturated carbocycles. The molecule has 1 aliphatic carbocycles. The van der Waals surface area contributed by atoms with Gasteiger partial charge in [-0.05, 0) is 18.9 Å². The minimum atomic E-state index is -0.0532. The molecule has 122 valence electrons. The van der Waals surface area contributed by atoms with E-state index in [1.807, 2.05) is 0 Å². The minimum absolute atomic E-state index is 0.0532. The van der Waals surface area contributed by atoms with Gasteiger partial charge >= 0.3 is 0 Å². The summed E-state index contributed by atoms with van der Waals surface area (Å²) in [6, 6.07) is 1.79. The molecule has 0 saturated heterocycles. The van der Waals surface area contributed by atoms with Gasteiger partial charge in [0.15, 0.2) is 11.5 Å². The Morgan fingerprint density at radius 2 is 2.25 bits per heavy atom. The second kappa shape index (κ2) is 5.15. The first kappa shape index (κ1) is 13.7. The van der Waals surface area contributed by atoms with Crippen LogP contribution in [-0.4, -0.2) is 36.9 Å². The molecular weight excluding hydrogens is 306 g/mol. The Labute approximate surface area is 138 Å². The SMILES string of the molecule is O=C(c1cnn2cccnc12)N1CCc2oc(C3CCC3)nc2C1. The van der Waals surface area contributed by atoms with Gasteiger partial charge < -0.3 is 9.32 Å². The van der Waals surface area contributed by atoms with Crippen LogP contribution in [0.2, 0.25) is 0 Å². The highest BCUT2D eigenvalue weighted by Crippen LogP contribution is 2.37. The van der Waals surface area contributed by atoms with Crippen LogP contribution in [0.15, 0.2) is 29.1 Å². The average molecular weight is 323 g/mol. The second-order valence-electron chi connectivity index (χ2n) is 6.47. The molecule has 1 fully saturated rings. The van der Waals surface area contributed by atoms with Crippen molar-refractivity contribution in [3.8, 4) is 0 Å².